The van der Waals surface area contributed by atoms with Gasteiger partial charge in [0.25, 0.3) is 0 Å². The third-order valence-electron chi connectivity index (χ3n) is 1.32. The molecule has 0 N–H and O–H groups in total. The van der Waals surface area contributed by atoms with Gasteiger partial charge in [0.2, 0.25) is 0 Å². The van der Waals surface area contributed by atoms with Crippen LogP contribution in [0.5, 0.6) is 0 Å². The maximum absolute atomic E-state index is 5.39. The molecule has 0 saturated heterocycles. The summed E-state index contributed by atoms with van der Waals surface area (Å²) < 4.78 is 0. The lowest BCUT2D eigenvalue weighted by Crippen LogP contribution is -2.41. The van der Waals surface area contributed by atoms with E-state index < -0.39 is 0 Å². The summed E-state index contributed by atoms with van der Waals surface area (Å²) >= 11 is 0. The lowest BCUT2D eigenvalue weighted by Gasteiger charge is -2.32. The Hall–Kier alpha value is -0.0800. The van der Waals surface area contributed by atoms with Crippen LogP contribution in [0.15, 0.2) is 0 Å². The first-order valence-corrected chi connectivity index (χ1v) is 3.93. The Labute approximate surface area is 64.1 Å². The smallest absolute Gasteiger partial charge is 0.0657 e. The molecule has 0 amide bonds. The van der Waals surface area contributed by atoms with Gasteiger partial charge in [-0.05, 0) is 27.7 Å². The Bertz CT molecular complexity index is 85.7. The molecular weight excluding hydrogens is 126 g/mol. The van der Waals surface area contributed by atoms with Gasteiger partial charge in [0, 0.05) is 12.1 Å². The van der Waals surface area contributed by atoms with Gasteiger partial charge in [-0.2, -0.15) is 5.06 Å². The molecule has 0 rings (SSSR count). The van der Waals surface area contributed by atoms with E-state index in [4.69, 9.17) is 4.84 Å². The quantitative estimate of drug-likeness (QED) is 0.564. The standard InChI is InChI=1S/C8H19NO/c1-6-9(10-7-2)8(3,4)5/h6-7H2,1-5H3. The van der Waals surface area contributed by atoms with Crippen LogP contribution in [0.2, 0.25) is 0 Å². The second-order valence-electron chi connectivity index (χ2n) is 3.28. The van der Waals surface area contributed by atoms with E-state index in [2.05, 4.69) is 27.7 Å². The maximum Gasteiger partial charge on any atom is 0.0657 e. The normalized spacial score (nSPS) is 12.6. The van der Waals surface area contributed by atoms with Crippen molar-refractivity contribution in [2.45, 2.75) is 40.2 Å². The van der Waals surface area contributed by atoms with Crippen LogP contribution in [0.3, 0.4) is 0 Å². The van der Waals surface area contributed by atoms with E-state index in [-0.39, 0.29) is 5.54 Å². The van der Waals surface area contributed by atoms with Crippen molar-refractivity contribution in [3.63, 3.8) is 0 Å². The summed E-state index contributed by atoms with van der Waals surface area (Å²) in [5.41, 5.74) is 0.130. The second-order valence-corrected chi connectivity index (χ2v) is 3.28. The number of nitrogens with zero attached hydrogens (tertiary/aromatic N) is 1. The summed E-state index contributed by atoms with van der Waals surface area (Å²) in [5, 5.41) is 1.99. The molecule has 0 atom stereocenters. The lowest BCUT2D eigenvalue weighted by atomic mass is 10.1. The first-order valence-electron chi connectivity index (χ1n) is 3.93. The molecular formula is C8H19NO. The number of hydrogen-bond acceptors (Lipinski definition) is 2. The topological polar surface area (TPSA) is 12.5 Å². The van der Waals surface area contributed by atoms with Gasteiger partial charge in [-0.15, -0.1) is 0 Å². The molecule has 10 heavy (non-hydrogen) atoms. The van der Waals surface area contributed by atoms with Crippen LogP contribution in [0, 0.1) is 0 Å². The van der Waals surface area contributed by atoms with Gasteiger partial charge in [-0.25, -0.2) is 0 Å². The molecule has 0 heterocycles. The zero-order chi connectivity index (χ0) is 8.20. The minimum absolute atomic E-state index is 0.130. The molecule has 0 aliphatic carbocycles. The Morgan fingerprint density at radius 1 is 1.20 bits per heavy atom. The van der Waals surface area contributed by atoms with Crippen molar-refractivity contribution >= 4 is 0 Å². The highest BCUT2D eigenvalue weighted by molar-refractivity contribution is 4.67. The van der Waals surface area contributed by atoms with E-state index >= 15 is 0 Å². The van der Waals surface area contributed by atoms with Crippen LogP contribution < -0.4 is 0 Å². The van der Waals surface area contributed by atoms with Gasteiger partial charge in [-0.3, -0.25) is 4.84 Å². The molecule has 0 aliphatic heterocycles. The van der Waals surface area contributed by atoms with Crippen LogP contribution in [-0.2, 0) is 4.84 Å². The molecule has 0 spiro atoms. The van der Waals surface area contributed by atoms with E-state index in [9.17, 15) is 0 Å². The highest BCUT2D eigenvalue weighted by Gasteiger charge is 2.19. The Morgan fingerprint density at radius 2 is 1.70 bits per heavy atom. The molecule has 0 fully saturated rings. The Kier molecular flexibility index (Phi) is 3.91. The fourth-order valence-electron chi connectivity index (χ4n) is 0.915. The predicted octanol–water partition coefficient (Wildman–Crippen LogP) is 2.06. The van der Waals surface area contributed by atoms with Crippen molar-refractivity contribution in [3.05, 3.63) is 0 Å². The summed E-state index contributed by atoms with van der Waals surface area (Å²) in [6.07, 6.45) is 0. The molecule has 2 heteroatoms. The van der Waals surface area contributed by atoms with Gasteiger partial charge < -0.3 is 0 Å². The van der Waals surface area contributed by atoms with Gasteiger partial charge >= 0.3 is 0 Å². The largest absolute Gasteiger partial charge is 0.299 e. The summed E-state index contributed by atoms with van der Waals surface area (Å²) in [6.45, 7) is 12.2. The molecule has 0 aromatic carbocycles. The first kappa shape index (κ1) is 9.92. The summed E-state index contributed by atoms with van der Waals surface area (Å²) in [7, 11) is 0. The third-order valence-corrected chi connectivity index (χ3v) is 1.32. The van der Waals surface area contributed by atoms with Crippen LogP contribution in [-0.4, -0.2) is 23.8 Å². The average molecular weight is 145 g/mol. The first-order chi connectivity index (χ1) is 4.52. The number of rotatable bonds is 3. The lowest BCUT2D eigenvalue weighted by molar-refractivity contribution is -0.203. The summed E-state index contributed by atoms with van der Waals surface area (Å²) in [5.74, 6) is 0. The maximum atomic E-state index is 5.39. The van der Waals surface area contributed by atoms with E-state index in [1.165, 1.54) is 0 Å². The van der Waals surface area contributed by atoms with E-state index in [1.54, 1.807) is 0 Å². The molecule has 0 unspecified atom stereocenters. The molecule has 0 aromatic heterocycles. The van der Waals surface area contributed by atoms with Crippen LogP contribution in [0.25, 0.3) is 0 Å². The van der Waals surface area contributed by atoms with E-state index in [1.807, 2.05) is 12.0 Å². The van der Waals surface area contributed by atoms with Crippen molar-refractivity contribution < 1.29 is 4.84 Å². The van der Waals surface area contributed by atoms with Gasteiger partial charge in [0.15, 0.2) is 0 Å². The second kappa shape index (κ2) is 3.94. The van der Waals surface area contributed by atoms with Crippen molar-refractivity contribution in [1.82, 2.24) is 5.06 Å². The van der Waals surface area contributed by atoms with Crippen LogP contribution >= 0.6 is 0 Å². The zero-order valence-corrected chi connectivity index (χ0v) is 7.77. The number of hydrogen-bond donors (Lipinski definition) is 0. The number of hydroxylamine groups is 2. The third kappa shape index (κ3) is 3.18. The van der Waals surface area contributed by atoms with Crippen molar-refractivity contribution in [2.75, 3.05) is 13.2 Å². The van der Waals surface area contributed by atoms with Crippen LogP contribution in [0.4, 0.5) is 0 Å². The predicted molar refractivity (Wildman–Crippen MR) is 43.8 cm³/mol. The fourth-order valence-corrected chi connectivity index (χ4v) is 0.915. The van der Waals surface area contributed by atoms with Crippen molar-refractivity contribution in [1.29, 1.82) is 0 Å². The summed E-state index contributed by atoms with van der Waals surface area (Å²) in [4.78, 5) is 5.39. The van der Waals surface area contributed by atoms with Gasteiger partial charge in [0.05, 0.1) is 6.61 Å². The SMILES string of the molecule is CCON(CC)C(C)(C)C. The summed E-state index contributed by atoms with van der Waals surface area (Å²) in [6, 6.07) is 0. The Balaban J connectivity index is 3.81. The highest BCUT2D eigenvalue weighted by Crippen LogP contribution is 2.12. The molecule has 0 bridgehead atoms. The van der Waals surface area contributed by atoms with Crippen molar-refractivity contribution in [2.24, 2.45) is 0 Å². The van der Waals surface area contributed by atoms with E-state index in [0.29, 0.717) is 0 Å². The van der Waals surface area contributed by atoms with Crippen LogP contribution in [0.1, 0.15) is 34.6 Å². The molecule has 2 nitrogen and oxygen atoms in total. The van der Waals surface area contributed by atoms with Crippen molar-refractivity contribution in [3.8, 4) is 0 Å². The molecule has 0 aromatic rings. The van der Waals surface area contributed by atoms with E-state index in [0.717, 1.165) is 13.2 Å². The highest BCUT2D eigenvalue weighted by atomic mass is 16.7. The molecule has 0 radical (unpaired) electrons. The molecule has 0 saturated carbocycles. The molecule has 62 valence electrons. The van der Waals surface area contributed by atoms with Gasteiger partial charge in [-0.1, -0.05) is 6.92 Å². The average Bonchev–Trinajstić information content (AvgIpc) is 1.80. The minimum atomic E-state index is 0.130. The Morgan fingerprint density at radius 3 is 1.80 bits per heavy atom. The fraction of sp³-hybridized carbons (Fsp3) is 1.00. The van der Waals surface area contributed by atoms with Gasteiger partial charge in [0.1, 0.15) is 0 Å². The molecule has 0 aliphatic rings. The monoisotopic (exact) mass is 145 g/mol. The minimum Gasteiger partial charge on any atom is -0.299 e. The zero-order valence-electron chi connectivity index (χ0n) is 7.77.